The first-order valence-corrected chi connectivity index (χ1v) is 5.67. The smallest absolute Gasteiger partial charge is 0.328 e. The number of nitrogens with zero attached hydrogens (tertiary/aromatic N) is 2. The molecule has 0 saturated heterocycles. The van der Waals surface area contributed by atoms with E-state index in [9.17, 15) is 4.79 Å². The fourth-order valence-corrected chi connectivity index (χ4v) is 1.53. The van der Waals surface area contributed by atoms with Crippen LogP contribution in [-0.2, 0) is 11.3 Å². The maximum atomic E-state index is 10.4. The van der Waals surface area contributed by atoms with Gasteiger partial charge in [0.25, 0.3) is 0 Å². The maximum Gasteiger partial charge on any atom is 0.328 e. The Morgan fingerprint density at radius 3 is 2.67 bits per heavy atom. The van der Waals surface area contributed by atoms with E-state index in [0.717, 1.165) is 30.3 Å². The second-order valence-electron chi connectivity index (χ2n) is 4.06. The molecule has 0 bridgehead atoms. The Morgan fingerprint density at radius 2 is 2.11 bits per heavy atom. The van der Waals surface area contributed by atoms with E-state index in [4.69, 9.17) is 10.4 Å². The predicted octanol–water partition coefficient (Wildman–Crippen LogP) is 2.13. The van der Waals surface area contributed by atoms with Gasteiger partial charge in [-0.3, -0.25) is 0 Å². The molecule has 4 nitrogen and oxygen atoms in total. The Bertz CT molecular complexity index is 458. The van der Waals surface area contributed by atoms with Gasteiger partial charge < -0.3 is 10.0 Å². The summed E-state index contributed by atoms with van der Waals surface area (Å²) in [5, 5.41) is 17.0. The van der Waals surface area contributed by atoms with E-state index in [-0.39, 0.29) is 0 Å². The summed E-state index contributed by atoms with van der Waals surface area (Å²) in [6.07, 6.45) is 3.20. The molecule has 0 atom stereocenters. The monoisotopic (exact) mass is 244 g/mol. The molecule has 0 heterocycles. The van der Waals surface area contributed by atoms with Crippen LogP contribution in [0.1, 0.15) is 17.5 Å². The van der Waals surface area contributed by atoms with Gasteiger partial charge in [-0.1, -0.05) is 24.3 Å². The number of hydrogen-bond donors (Lipinski definition) is 1. The molecule has 4 heteroatoms. The topological polar surface area (TPSA) is 64.3 Å². The van der Waals surface area contributed by atoms with E-state index in [1.807, 2.05) is 31.3 Å². The van der Waals surface area contributed by atoms with E-state index in [1.54, 1.807) is 6.08 Å². The van der Waals surface area contributed by atoms with Crippen molar-refractivity contribution in [2.45, 2.75) is 13.0 Å². The molecule has 0 spiro atoms. The van der Waals surface area contributed by atoms with Crippen molar-refractivity contribution in [1.82, 2.24) is 4.90 Å². The lowest BCUT2D eigenvalue weighted by molar-refractivity contribution is -0.131. The Kier molecular flexibility index (Phi) is 5.62. The highest BCUT2D eigenvalue weighted by molar-refractivity contribution is 5.85. The average Bonchev–Trinajstić information content (AvgIpc) is 2.35. The standard InChI is InChI=1S/C14H16N2O2/c1-16(10-2-9-15)11-13-5-3-12(4-6-13)7-8-14(17)18/h3-8H,2,10-11H2,1H3,(H,17,18)/b8-7+. The maximum absolute atomic E-state index is 10.4. The van der Waals surface area contributed by atoms with Crippen molar-refractivity contribution in [3.63, 3.8) is 0 Å². The first kappa shape index (κ1) is 13.9. The van der Waals surface area contributed by atoms with Gasteiger partial charge >= 0.3 is 5.97 Å². The molecule has 0 aliphatic heterocycles. The van der Waals surface area contributed by atoms with Crippen molar-refractivity contribution < 1.29 is 9.90 Å². The van der Waals surface area contributed by atoms with E-state index in [1.165, 1.54) is 0 Å². The number of benzene rings is 1. The Hall–Kier alpha value is -2.12. The van der Waals surface area contributed by atoms with Gasteiger partial charge in [-0.2, -0.15) is 5.26 Å². The number of hydrogen-bond acceptors (Lipinski definition) is 3. The summed E-state index contributed by atoms with van der Waals surface area (Å²) >= 11 is 0. The molecule has 0 aliphatic carbocycles. The van der Waals surface area contributed by atoms with E-state index in [2.05, 4.69) is 11.0 Å². The lowest BCUT2D eigenvalue weighted by Crippen LogP contribution is -2.18. The van der Waals surface area contributed by atoms with Crippen LogP contribution in [0.25, 0.3) is 6.08 Å². The Balaban J connectivity index is 2.55. The normalized spacial score (nSPS) is 10.7. The lowest BCUT2D eigenvalue weighted by atomic mass is 10.1. The van der Waals surface area contributed by atoms with Crippen LogP contribution in [0, 0.1) is 11.3 Å². The summed E-state index contributed by atoms with van der Waals surface area (Å²) in [7, 11) is 1.97. The van der Waals surface area contributed by atoms with Crippen molar-refractivity contribution in [2.75, 3.05) is 13.6 Å². The predicted molar refractivity (Wildman–Crippen MR) is 69.7 cm³/mol. The molecule has 0 aliphatic rings. The number of nitriles is 1. The first-order valence-electron chi connectivity index (χ1n) is 5.67. The first-order chi connectivity index (χ1) is 8.61. The highest BCUT2D eigenvalue weighted by Crippen LogP contribution is 2.08. The Labute approximate surface area is 107 Å². The van der Waals surface area contributed by atoms with Crippen LogP contribution in [-0.4, -0.2) is 29.6 Å². The number of rotatable bonds is 6. The molecular formula is C14H16N2O2. The third-order valence-electron chi connectivity index (χ3n) is 2.46. The van der Waals surface area contributed by atoms with Gasteiger partial charge in [0.2, 0.25) is 0 Å². The molecule has 1 aromatic rings. The summed E-state index contributed by atoms with van der Waals surface area (Å²) in [6, 6.07) is 9.80. The number of carboxylic acids is 1. The van der Waals surface area contributed by atoms with Crippen molar-refractivity contribution in [2.24, 2.45) is 0 Å². The van der Waals surface area contributed by atoms with Crippen LogP contribution in [0.4, 0.5) is 0 Å². The number of carbonyl (C=O) groups is 1. The molecular weight excluding hydrogens is 228 g/mol. The minimum atomic E-state index is -0.949. The largest absolute Gasteiger partial charge is 0.478 e. The van der Waals surface area contributed by atoms with Crippen LogP contribution < -0.4 is 0 Å². The molecule has 0 fully saturated rings. The molecule has 0 radical (unpaired) electrons. The van der Waals surface area contributed by atoms with Crippen molar-refractivity contribution >= 4 is 12.0 Å². The SMILES string of the molecule is CN(CCC#N)Cc1ccc(/C=C/C(=O)O)cc1. The minimum absolute atomic E-state index is 0.524. The van der Waals surface area contributed by atoms with E-state index < -0.39 is 5.97 Å². The fourth-order valence-electron chi connectivity index (χ4n) is 1.53. The Morgan fingerprint density at radius 1 is 1.44 bits per heavy atom. The summed E-state index contributed by atoms with van der Waals surface area (Å²) < 4.78 is 0. The van der Waals surface area contributed by atoms with Crippen molar-refractivity contribution in [1.29, 1.82) is 5.26 Å². The molecule has 1 N–H and O–H groups in total. The molecule has 1 rings (SSSR count). The highest BCUT2D eigenvalue weighted by atomic mass is 16.4. The average molecular weight is 244 g/mol. The van der Waals surface area contributed by atoms with Gasteiger partial charge in [0.15, 0.2) is 0 Å². The summed E-state index contributed by atoms with van der Waals surface area (Å²) in [5.41, 5.74) is 2.00. The highest BCUT2D eigenvalue weighted by Gasteiger charge is 1.99. The van der Waals surface area contributed by atoms with Crippen molar-refractivity contribution in [3.8, 4) is 6.07 Å². The van der Waals surface area contributed by atoms with Crippen LogP contribution in [0.5, 0.6) is 0 Å². The van der Waals surface area contributed by atoms with Crippen LogP contribution in [0.15, 0.2) is 30.3 Å². The molecule has 0 aromatic heterocycles. The second-order valence-corrected chi connectivity index (χ2v) is 4.06. The third kappa shape index (κ3) is 5.28. The summed E-state index contributed by atoms with van der Waals surface area (Å²) in [4.78, 5) is 12.4. The van der Waals surface area contributed by atoms with E-state index in [0.29, 0.717) is 6.42 Å². The summed E-state index contributed by atoms with van der Waals surface area (Å²) in [6.45, 7) is 1.53. The molecule has 0 amide bonds. The van der Waals surface area contributed by atoms with Crippen molar-refractivity contribution in [3.05, 3.63) is 41.5 Å². The molecule has 0 saturated carbocycles. The minimum Gasteiger partial charge on any atom is -0.478 e. The second kappa shape index (κ2) is 7.25. The zero-order valence-electron chi connectivity index (χ0n) is 10.3. The molecule has 1 aromatic carbocycles. The van der Waals surface area contributed by atoms with Gasteiger partial charge in [0.1, 0.15) is 0 Å². The molecule has 18 heavy (non-hydrogen) atoms. The summed E-state index contributed by atoms with van der Waals surface area (Å²) in [5.74, 6) is -0.949. The van der Waals surface area contributed by atoms with Crippen LogP contribution >= 0.6 is 0 Å². The number of carboxylic acid groups (broad SMARTS) is 1. The van der Waals surface area contributed by atoms with Crippen LogP contribution in [0.2, 0.25) is 0 Å². The third-order valence-corrected chi connectivity index (χ3v) is 2.46. The van der Waals surface area contributed by atoms with E-state index >= 15 is 0 Å². The zero-order chi connectivity index (χ0) is 13.4. The molecule has 94 valence electrons. The number of aliphatic carboxylic acids is 1. The van der Waals surface area contributed by atoms with Crippen LogP contribution in [0.3, 0.4) is 0 Å². The quantitative estimate of drug-likeness (QED) is 0.778. The van der Waals surface area contributed by atoms with Gasteiger partial charge in [-0.15, -0.1) is 0 Å². The van der Waals surface area contributed by atoms with Gasteiger partial charge in [-0.05, 0) is 24.3 Å². The van der Waals surface area contributed by atoms with Gasteiger partial charge in [0.05, 0.1) is 6.07 Å². The molecule has 0 unspecified atom stereocenters. The lowest BCUT2D eigenvalue weighted by Gasteiger charge is -2.14. The zero-order valence-corrected chi connectivity index (χ0v) is 10.3. The van der Waals surface area contributed by atoms with Gasteiger partial charge in [-0.25, -0.2) is 4.79 Å². The fraction of sp³-hybridized carbons (Fsp3) is 0.286. The van der Waals surface area contributed by atoms with Gasteiger partial charge in [0, 0.05) is 25.6 Å².